The Morgan fingerprint density at radius 1 is 0.895 bits per heavy atom. The molecule has 5 radical (unpaired) electrons. The van der Waals surface area contributed by atoms with Gasteiger partial charge in [-0.15, -0.1) is 0 Å². The van der Waals surface area contributed by atoms with Gasteiger partial charge in [-0.2, -0.15) is 0 Å². The summed E-state index contributed by atoms with van der Waals surface area (Å²) in [4.78, 5) is 0. The van der Waals surface area contributed by atoms with E-state index in [1.807, 2.05) is 0 Å². The zero-order valence-corrected chi connectivity index (χ0v) is 23.1. The Morgan fingerprint density at radius 2 is 1.66 bits per heavy atom. The van der Waals surface area contributed by atoms with Crippen LogP contribution in [0, 0.1) is 0 Å². The molecule has 0 spiro atoms. The van der Waals surface area contributed by atoms with Crippen molar-refractivity contribution >= 4 is 104 Å². The molecule has 0 bridgehead atoms. The number of hydrogen-bond donors (Lipinski definition) is 0. The van der Waals surface area contributed by atoms with Crippen LogP contribution in [-0.2, 0) is 5.41 Å². The number of nitrogens with zero attached hydrogens (tertiary/aromatic N) is 2. The third kappa shape index (κ3) is 2.04. The Hall–Kier alpha value is -2.34. The number of rotatable bonds is 2. The molecule has 6 aliphatic heterocycles. The van der Waals surface area contributed by atoms with Crippen LogP contribution in [0.25, 0.3) is 27.5 Å². The second-order valence-electron chi connectivity index (χ2n) is 12.8. The number of para-hydroxylation sites is 1. The van der Waals surface area contributed by atoms with E-state index >= 15 is 0 Å². The van der Waals surface area contributed by atoms with Crippen molar-refractivity contribution in [3.05, 3.63) is 90.0 Å². The molecule has 4 fully saturated rings. The Kier molecular flexibility index (Phi) is 3.19. The summed E-state index contributed by atoms with van der Waals surface area (Å²) in [6, 6.07) is 30.4. The van der Waals surface area contributed by atoms with E-state index in [-0.39, 0.29) is 19.6 Å². The van der Waals surface area contributed by atoms with Crippen LogP contribution in [0.2, 0.25) is 0 Å². The summed E-state index contributed by atoms with van der Waals surface area (Å²) in [6.07, 6.45) is 0.0615. The van der Waals surface area contributed by atoms with Gasteiger partial charge in [0.05, 0.1) is 0 Å². The molecule has 4 saturated heterocycles. The molecule has 169 valence electrons. The van der Waals surface area contributed by atoms with E-state index in [2.05, 4.69) is 118 Å². The van der Waals surface area contributed by atoms with Gasteiger partial charge in [-0.25, -0.2) is 0 Å². The quantitative estimate of drug-likeness (QED) is 0.253. The first-order valence-corrected chi connectivity index (χ1v) is 17.8. The van der Waals surface area contributed by atoms with Crippen molar-refractivity contribution in [3.63, 3.8) is 0 Å². The third-order valence-electron chi connectivity index (χ3n) is 10.7. The second kappa shape index (κ2) is 5.89. The predicted molar refractivity (Wildman–Crippen MR) is 174 cm³/mol. The molecule has 0 aliphatic carbocycles. The van der Waals surface area contributed by atoms with Crippen LogP contribution in [0.15, 0.2) is 83.4 Å². The summed E-state index contributed by atoms with van der Waals surface area (Å²) in [5.74, 6) is 0. The molecule has 11 heteroatoms. The van der Waals surface area contributed by atoms with Gasteiger partial charge in [0.1, 0.15) is 0 Å². The average Bonchev–Trinajstić information content (AvgIpc) is 3.84. The first-order chi connectivity index (χ1) is 18.5. The third-order valence-corrected chi connectivity index (χ3v) is 19.2. The molecular formula is C27H19B7N2P2-. The van der Waals surface area contributed by atoms with E-state index in [9.17, 15) is 0 Å². The van der Waals surface area contributed by atoms with E-state index in [0.717, 1.165) is 12.4 Å². The molecule has 1 aromatic heterocycles. The van der Waals surface area contributed by atoms with Gasteiger partial charge in [-0.1, -0.05) is 0 Å². The summed E-state index contributed by atoms with van der Waals surface area (Å²) < 4.78 is 8.40. The summed E-state index contributed by atoms with van der Waals surface area (Å²) in [7, 11) is 2.41. The van der Waals surface area contributed by atoms with Crippen molar-refractivity contribution in [2.24, 2.45) is 4.52 Å². The van der Waals surface area contributed by atoms with Crippen molar-refractivity contribution in [2.45, 2.75) is 19.3 Å². The predicted octanol–water partition coefficient (Wildman–Crippen LogP) is 3.05. The first-order valence-electron chi connectivity index (χ1n) is 13.9. The number of aromatic nitrogens is 1. The number of hydrogen-bond acceptors (Lipinski definition) is 1. The van der Waals surface area contributed by atoms with E-state index in [0.29, 0.717) is 6.21 Å². The molecule has 0 amide bonds. The van der Waals surface area contributed by atoms with Crippen molar-refractivity contribution in [3.8, 4) is 5.69 Å². The van der Waals surface area contributed by atoms with E-state index < -0.39 is 6.39 Å². The standard InChI is InChI=1S/C27H19B7N2P2/c1-27(2)17-9-4-5-11-19(17)31-20-14-15-23(38(29-32(38)30-38)35-37-33-28-34(33)37)24-16-8-3-6-12-21(16)36(26(20)24)22-13-7-10-18(27)25(22)31/h3-15H,1-2H3/q-1. The van der Waals surface area contributed by atoms with Gasteiger partial charge in [0.15, 0.2) is 0 Å². The van der Waals surface area contributed by atoms with Crippen LogP contribution in [0.3, 0.4) is 0 Å². The maximum absolute atomic E-state index is 5.79. The molecule has 38 heavy (non-hydrogen) atoms. The minimum absolute atomic E-state index is 0.0319. The van der Waals surface area contributed by atoms with Gasteiger partial charge in [0, 0.05) is 0 Å². The first kappa shape index (κ1) is 20.6. The summed E-state index contributed by atoms with van der Waals surface area (Å²) in [5.41, 5.74) is 11.5. The number of benzene rings is 4. The van der Waals surface area contributed by atoms with Gasteiger partial charge in [0.2, 0.25) is 0 Å². The molecular weight excluding hydrogens is 490 g/mol. The van der Waals surface area contributed by atoms with Crippen LogP contribution < -0.4 is 21.7 Å². The summed E-state index contributed by atoms with van der Waals surface area (Å²) in [6.45, 7) is 10.4. The average molecular weight is 509 g/mol. The Labute approximate surface area is 226 Å². The molecule has 5 aromatic rings. The molecule has 0 atom stereocenters. The fraction of sp³-hybridized carbons (Fsp3) is 0.111. The van der Waals surface area contributed by atoms with Crippen LogP contribution >= 0.6 is 13.9 Å². The van der Waals surface area contributed by atoms with Crippen LogP contribution in [0.4, 0.5) is 0 Å². The molecule has 7 heterocycles. The van der Waals surface area contributed by atoms with E-state index in [1.165, 1.54) is 55.0 Å². The molecule has 2 nitrogen and oxygen atoms in total. The fourth-order valence-corrected chi connectivity index (χ4v) is 17.7. The molecule has 4 aromatic carbocycles. The van der Waals surface area contributed by atoms with Crippen molar-refractivity contribution in [2.75, 3.05) is 0 Å². The Balaban J connectivity index is 1.32. The molecule has 6 aliphatic rings. The summed E-state index contributed by atoms with van der Waals surface area (Å²) in [5, 5.41) is 4.45. The molecule has 0 saturated carbocycles. The number of fused-ring (bicyclic) bond motifs is 9. The molecule has 11 rings (SSSR count). The minimum atomic E-state index is -2.30. The van der Waals surface area contributed by atoms with Crippen LogP contribution in [0.1, 0.15) is 25.0 Å². The Bertz CT molecular complexity index is 2050. The SMILES string of the molecule is CC1(C)c2ccccc2B2c3c(cccc31)-n1c3ccccc3c3c(P45(N=[P+]6B7[B-]B76)[B]B4[B-]5)ccc2c31. The van der Waals surface area contributed by atoms with Crippen LogP contribution in [0.5, 0.6) is 0 Å². The Morgan fingerprint density at radius 3 is 2.45 bits per heavy atom. The fourth-order valence-electron chi connectivity index (χ4n) is 8.39. The van der Waals surface area contributed by atoms with Gasteiger partial charge in [-0.05, 0) is 0 Å². The van der Waals surface area contributed by atoms with Gasteiger partial charge >= 0.3 is 228 Å². The summed E-state index contributed by atoms with van der Waals surface area (Å²) >= 11 is 0. The van der Waals surface area contributed by atoms with Gasteiger partial charge in [0.25, 0.3) is 0 Å². The molecule has 0 unspecified atom stereocenters. The van der Waals surface area contributed by atoms with Crippen molar-refractivity contribution in [1.29, 1.82) is 0 Å². The van der Waals surface area contributed by atoms with E-state index in [4.69, 9.17) is 4.52 Å². The topological polar surface area (TPSA) is 17.3 Å². The van der Waals surface area contributed by atoms with Gasteiger partial charge in [-0.3, -0.25) is 0 Å². The zero-order chi connectivity index (χ0) is 24.8. The van der Waals surface area contributed by atoms with Crippen molar-refractivity contribution in [1.82, 2.24) is 4.57 Å². The van der Waals surface area contributed by atoms with Gasteiger partial charge < -0.3 is 0 Å². The van der Waals surface area contributed by atoms with Crippen molar-refractivity contribution < 1.29 is 0 Å². The monoisotopic (exact) mass is 510 g/mol. The second-order valence-corrected chi connectivity index (χ2v) is 19.8. The zero-order valence-electron chi connectivity index (χ0n) is 21.3. The van der Waals surface area contributed by atoms with Crippen LogP contribution in [-0.4, -0.2) is 50.8 Å². The van der Waals surface area contributed by atoms with E-state index in [1.54, 1.807) is 5.30 Å². The normalized spacial score (nSPS) is 23.0. The maximum atomic E-state index is 5.79. The molecule has 0 N–H and O–H groups in total.